The van der Waals surface area contributed by atoms with Crippen molar-refractivity contribution in [3.05, 3.63) is 53.2 Å². The number of aromatic nitrogens is 1. The Morgan fingerprint density at radius 2 is 1.74 bits per heavy atom. The van der Waals surface area contributed by atoms with Gasteiger partial charge < -0.3 is 0 Å². The molecule has 0 radical (unpaired) electrons. The predicted molar refractivity (Wildman–Crippen MR) is 80.6 cm³/mol. The molecule has 0 saturated carbocycles. The van der Waals surface area contributed by atoms with E-state index in [1.165, 1.54) is 57.8 Å². The average molecular weight is 247 g/mol. The fraction of sp³-hybridized carbons (Fsp3) is 0.278. The molecule has 1 nitrogen and oxygen atoms in total. The van der Waals surface area contributed by atoms with Crippen LogP contribution in [0.4, 0.5) is 0 Å². The Balaban J connectivity index is 2.17. The van der Waals surface area contributed by atoms with Crippen LogP contribution >= 0.6 is 0 Å². The number of hydrogen-bond donors (Lipinski definition) is 0. The largest absolute Gasteiger partial charge is 0.252 e. The molecule has 19 heavy (non-hydrogen) atoms. The van der Waals surface area contributed by atoms with Gasteiger partial charge in [-0.2, -0.15) is 0 Å². The Kier molecular flexibility index (Phi) is 2.34. The third-order valence-electron chi connectivity index (χ3n) is 4.44. The second kappa shape index (κ2) is 4.06. The van der Waals surface area contributed by atoms with Crippen molar-refractivity contribution in [3.63, 3.8) is 0 Å². The molecule has 0 amide bonds. The first-order chi connectivity index (χ1) is 9.34. The summed E-state index contributed by atoms with van der Waals surface area (Å²) < 4.78 is 0. The normalized spacial score (nSPS) is 14.8. The highest BCUT2D eigenvalue weighted by molar-refractivity contribution is 6.06. The van der Waals surface area contributed by atoms with Crippen LogP contribution in [0.5, 0.6) is 0 Å². The summed E-state index contributed by atoms with van der Waals surface area (Å²) in [5, 5.41) is 3.91. The Morgan fingerprint density at radius 3 is 2.68 bits per heavy atom. The summed E-state index contributed by atoms with van der Waals surface area (Å²) in [5.41, 5.74) is 5.49. The first kappa shape index (κ1) is 11.0. The monoisotopic (exact) mass is 247 g/mol. The van der Waals surface area contributed by atoms with Gasteiger partial charge >= 0.3 is 0 Å². The van der Waals surface area contributed by atoms with Gasteiger partial charge in [0.2, 0.25) is 0 Å². The van der Waals surface area contributed by atoms with Gasteiger partial charge in [0.05, 0.1) is 5.52 Å². The molecule has 1 heteroatoms. The van der Waals surface area contributed by atoms with Gasteiger partial charge in [0.15, 0.2) is 0 Å². The summed E-state index contributed by atoms with van der Waals surface area (Å²) in [6, 6.07) is 13.0. The number of aryl methyl sites for hydroxylation is 2. The average Bonchev–Trinajstić information content (AvgIpc) is 2.47. The van der Waals surface area contributed by atoms with Crippen LogP contribution < -0.4 is 0 Å². The molecule has 0 spiro atoms. The van der Waals surface area contributed by atoms with E-state index in [-0.39, 0.29) is 0 Å². The summed E-state index contributed by atoms with van der Waals surface area (Å²) in [6.07, 6.45) is 4.95. The summed E-state index contributed by atoms with van der Waals surface area (Å²) in [6.45, 7) is 2.27. The van der Waals surface area contributed by atoms with Crippen molar-refractivity contribution >= 4 is 21.7 Å². The van der Waals surface area contributed by atoms with E-state index in [0.29, 0.717) is 0 Å². The molecule has 0 saturated heterocycles. The molecular weight excluding hydrogens is 230 g/mol. The van der Waals surface area contributed by atoms with Crippen LogP contribution in [0.25, 0.3) is 21.7 Å². The molecule has 1 heterocycles. The first-order valence-corrected chi connectivity index (χ1v) is 7.14. The third kappa shape index (κ3) is 1.58. The molecule has 2 aromatic carbocycles. The van der Waals surface area contributed by atoms with E-state index >= 15 is 0 Å². The third-order valence-corrected chi connectivity index (χ3v) is 4.44. The fourth-order valence-corrected chi connectivity index (χ4v) is 3.39. The predicted octanol–water partition coefficient (Wildman–Crippen LogP) is 4.58. The van der Waals surface area contributed by atoms with Gasteiger partial charge in [-0.25, -0.2) is 0 Å². The zero-order chi connectivity index (χ0) is 12.8. The number of pyridine rings is 1. The minimum atomic E-state index is 1.15. The maximum Gasteiger partial charge on any atom is 0.0786 e. The van der Waals surface area contributed by atoms with E-state index in [1.54, 1.807) is 0 Å². The second-order valence-electron chi connectivity index (χ2n) is 5.55. The lowest BCUT2D eigenvalue weighted by Crippen LogP contribution is -2.08. The van der Waals surface area contributed by atoms with Gasteiger partial charge in [-0.15, -0.1) is 0 Å². The van der Waals surface area contributed by atoms with Crippen molar-refractivity contribution < 1.29 is 0 Å². The van der Waals surface area contributed by atoms with Gasteiger partial charge in [0.1, 0.15) is 0 Å². The van der Waals surface area contributed by atoms with Gasteiger partial charge in [0.25, 0.3) is 0 Å². The molecule has 0 bridgehead atoms. The SMILES string of the molecule is Cc1c2c(nc3c1ccc1ccccc13)CCCC2. The molecule has 1 aliphatic carbocycles. The summed E-state index contributed by atoms with van der Waals surface area (Å²) in [5.74, 6) is 0. The van der Waals surface area contributed by atoms with Crippen LogP contribution in [-0.4, -0.2) is 4.98 Å². The van der Waals surface area contributed by atoms with Gasteiger partial charge in [0, 0.05) is 16.5 Å². The lowest BCUT2D eigenvalue weighted by molar-refractivity contribution is 0.668. The topological polar surface area (TPSA) is 12.9 Å². The Labute approximate surface area is 113 Å². The van der Waals surface area contributed by atoms with Crippen molar-refractivity contribution in [1.82, 2.24) is 4.98 Å². The molecule has 0 fully saturated rings. The number of rotatable bonds is 0. The maximum absolute atomic E-state index is 5.00. The number of fused-ring (bicyclic) bond motifs is 4. The molecular formula is C18H17N. The molecule has 1 aromatic heterocycles. The van der Waals surface area contributed by atoms with Crippen LogP contribution in [0.3, 0.4) is 0 Å². The lowest BCUT2D eigenvalue weighted by Gasteiger charge is -2.19. The summed E-state index contributed by atoms with van der Waals surface area (Å²) in [4.78, 5) is 5.00. The highest BCUT2D eigenvalue weighted by Crippen LogP contribution is 2.32. The van der Waals surface area contributed by atoms with Crippen molar-refractivity contribution in [2.24, 2.45) is 0 Å². The quantitative estimate of drug-likeness (QED) is 0.530. The second-order valence-corrected chi connectivity index (χ2v) is 5.55. The van der Waals surface area contributed by atoms with E-state index in [9.17, 15) is 0 Å². The summed E-state index contributed by atoms with van der Waals surface area (Å²) in [7, 11) is 0. The van der Waals surface area contributed by atoms with E-state index < -0.39 is 0 Å². The Bertz CT molecular complexity index is 786. The summed E-state index contributed by atoms with van der Waals surface area (Å²) >= 11 is 0. The molecule has 4 rings (SSSR count). The highest BCUT2D eigenvalue weighted by Gasteiger charge is 2.16. The van der Waals surface area contributed by atoms with E-state index in [4.69, 9.17) is 4.98 Å². The van der Waals surface area contributed by atoms with Crippen LogP contribution in [0, 0.1) is 6.92 Å². The highest BCUT2D eigenvalue weighted by atomic mass is 14.7. The van der Waals surface area contributed by atoms with Crippen molar-refractivity contribution in [2.75, 3.05) is 0 Å². The zero-order valence-electron chi connectivity index (χ0n) is 11.2. The van der Waals surface area contributed by atoms with Gasteiger partial charge in [-0.05, 0) is 49.1 Å². The van der Waals surface area contributed by atoms with E-state index in [0.717, 1.165) is 6.42 Å². The van der Waals surface area contributed by atoms with E-state index in [2.05, 4.69) is 43.3 Å². The molecule has 0 aliphatic heterocycles. The maximum atomic E-state index is 5.00. The van der Waals surface area contributed by atoms with Crippen LogP contribution in [0.15, 0.2) is 36.4 Å². The van der Waals surface area contributed by atoms with Crippen molar-refractivity contribution in [1.29, 1.82) is 0 Å². The van der Waals surface area contributed by atoms with E-state index in [1.807, 2.05) is 0 Å². The van der Waals surface area contributed by atoms with Gasteiger partial charge in [-0.3, -0.25) is 4.98 Å². The van der Waals surface area contributed by atoms with Crippen LogP contribution in [0.2, 0.25) is 0 Å². The number of hydrogen-bond acceptors (Lipinski definition) is 1. The molecule has 94 valence electrons. The molecule has 0 atom stereocenters. The molecule has 0 N–H and O–H groups in total. The standard InChI is InChI=1S/C18H17N/c1-12-14-7-4-5-9-17(14)19-18-15(12)11-10-13-6-2-3-8-16(13)18/h2-3,6,8,10-11H,4-5,7,9H2,1H3. The van der Waals surface area contributed by atoms with Crippen molar-refractivity contribution in [3.8, 4) is 0 Å². The van der Waals surface area contributed by atoms with Crippen LogP contribution in [0.1, 0.15) is 29.7 Å². The number of nitrogens with zero attached hydrogens (tertiary/aromatic N) is 1. The van der Waals surface area contributed by atoms with Crippen molar-refractivity contribution in [2.45, 2.75) is 32.6 Å². The minimum absolute atomic E-state index is 1.15. The smallest absolute Gasteiger partial charge is 0.0786 e. The Hall–Kier alpha value is -1.89. The zero-order valence-corrected chi connectivity index (χ0v) is 11.2. The fourth-order valence-electron chi connectivity index (χ4n) is 3.39. The molecule has 0 unspecified atom stereocenters. The number of benzene rings is 2. The first-order valence-electron chi connectivity index (χ1n) is 7.14. The van der Waals surface area contributed by atoms with Gasteiger partial charge in [-0.1, -0.05) is 36.4 Å². The Morgan fingerprint density at radius 1 is 0.895 bits per heavy atom. The lowest BCUT2D eigenvalue weighted by atomic mass is 9.90. The molecule has 1 aliphatic rings. The van der Waals surface area contributed by atoms with Crippen LogP contribution in [-0.2, 0) is 12.8 Å². The molecule has 3 aromatic rings. The minimum Gasteiger partial charge on any atom is -0.252 e.